The number of para-hydroxylation sites is 1. The van der Waals surface area contributed by atoms with Crippen molar-refractivity contribution >= 4 is 17.5 Å². The molecule has 0 aliphatic carbocycles. The first-order chi connectivity index (χ1) is 11.1. The number of benzene rings is 1. The molecule has 0 fully saturated rings. The summed E-state index contributed by atoms with van der Waals surface area (Å²) in [6.07, 6.45) is 1.50. The molecule has 1 N–H and O–H groups in total. The molecule has 23 heavy (non-hydrogen) atoms. The maximum Gasteiger partial charge on any atom is 0.250 e. The molecule has 0 unspecified atom stereocenters. The quantitative estimate of drug-likeness (QED) is 0.825. The highest BCUT2D eigenvalue weighted by molar-refractivity contribution is 6.09. The standard InChI is InChI=1S/C17H15N3O3/c1-12-6-2-3-7-15(12)23-11-14(21)13(10-18)17(22)20-16-8-4-5-9-19-16/h2-9,13H,11H2,1H3,(H,19,20,22)/t13-/m0/s1. The molecule has 1 aromatic heterocycles. The Balaban J connectivity index is 1.97. The normalized spacial score (nSPS) is 11.1. The maximum absolute atomic E-state index is 12.1. The van der Waals surface area contributed by atoms with E-state index in [1.165, 1.54) is 6.20 Å². The van der Waals surface area contributed by atoms with E-state index in [0.29, 0.717) is 5.75 Å². The van der Waals surface area contributed by atoms with Gasteiger partial charge in [-0.2, -0.15) is 5.26 Å². The number of hydrogen-bond acceptors (Lipinski definition) is 5. The van der Waals surface area contributed by atoms with Gasteiger partial charge in [0.25, 0.3) is 5.91 Å². The van der Waals surface area contributed by atoms with Gasteiger partial charge in [0.15, 0.2) is 11.7 Å². The van der Waals surface area contributed by atoms with Crippen molar-refractivity contribution in [3.63, 3.8) is 0 Å². The van der Waals surface area contributed by atoms with Crippen LogP contribution in [0.15, 0.2) is 48.7 Å². The average molecular weight is 309 g/mol. The van der Waals surface area contributed by atoms with Crippen LogP contribution in [0.5, 0.6) is 5.75 Å². The highest BCUT2D eigenvalue weighted by atomic mass is 16.5. The van der Waals surface area contributed by atoms with E-state index < -0.39 is 17.6 Å². The molecule has 1 atom stereocenters. The molecule has 0 aliphatic heterocycles. The highest BCUT2D eigenvalue weighted by Crippen LogP contribution is 2.16. The largest absolute Gasteiger partial charge is 0.485 e. The summed E-state index contributed by atoms with van der Waals surface area (Å²) < 4.78 is 5.39. The number of rotatable bonds is 6. The molecule has 1 amide bonds. The van der Waals surface area contributed by atoms with Gasteiger partial charge in [0.05, 0.1) is 6.07 Å². The predicted molar refractivity (Wildman–Crippen MR) is 83.7 cm³/mol. The van der Waals surface area contributed by atoms with Gasteiger partial charge >= 0.3 is 0 Å². The number of nitrogens with one attached hydrogen (secondary N) is 1. The topological polar surface area (TPSA) is 92.1 Å². The van der Waals surface area contributed by atoms with E-state index in [4.69, 9.17) is 10.00 Å². The van der Waals surface area contributed by atoms with Crippen LogP contribution in [0.2, 0.25) is 0 Å². The number of carbonyl (C=O) groups is 2. The number of ketones is 1. The minimum Gasteiger partial charge on any atom is -0.485 e. The van der Waals surface area contributed by atoms with E-state index in [1.54, 1.807) is 36.4 Å². The second kappa shape index (κ2) is 7.71. The number of aromatic nitrogens is 1. The molecule has 6 nitrogen and oxygen atoms in total. The van der Waals surface area contributed by atoms with Crippen LogP contribution in [0.3, 0.4) is 0 Å². The van der Waals surface area contributed by atoms with Gasteiger partial charge in [-0.1, -0.05) is 24.3 Å². The summed E-state index contributed by atoms with van der Waals surface area (Å²) in [6.45, 7) is 1.49. The van der Waals surface area contributed by atoms with Crippen molar-refractivity contribution in [2.45, 2.75) is 6.92 Å². The van der Waals surface area contributed by atoms with Gasteiger partial charge in [-0.25, -0.2) is 4.98 Å². The Kier molecular flexibility index (Phi) is 5.42. The Bertz CT molecular complexity index is 738. The van der Waals surface area contributed by atoms with Crippen LogP contribution in [-0.2, 0) is 9.59 Å². The third-order valence-corrected chi connectivity index (χ3v) is 3.09. The molecule has 0 radical (unpaired) electrons. The minimum atomic E-state index is -1.44. The summed E-state index contributed by atoms with van der Waals surface area (Å²) >= 11 is 0. The first-order valence-corrected chi connectivity index (χ1v) is 6.94. The number of pyridine rings is 1. The van der Waals surface area contributed by atoms with Crippen LogP contribution in [0, 0.1) is 24.2 Å². The maximum atomic E-state index is 12.1. The van der Waals surface area contributed by atoms with Crippen LogP contribution in [0.4, 0.5) is 5.82 Å². The van der Waals surface area contributed by atoms with E-state index >= 15 is 0 Å². The zero-order valence-corrected chi connectivity index (χ0v) is 12.5. The van der Waals surface area contributed by atoms with E-state index in [2.05, 4.69) is 10.3 Å². The lowest BCUT2D eigenvalue weighted by Crippen LogP contribution is -2.32. The number of hydrogen-bond donors (Lipinski definition) is 1. The van der Waals surface area contributed by atoms with Crippen LogP contribution in [-0.4, -0.2) is 23.3 Å². The minimum absolute atomic E-state index is 0.283. The fourth-order valence-electron chi connectivity index (χ4n) is 1.86. The van der Waals surface area contributed by atoms with Crippen LogP contribution < -0.4 is 10.1 Å². The third-order valence-electron chi connectivity index (χ3n) is 3.09. The van der Waals surface area contributed by atoms with E-state index in [0.717, 1.165) is 5.56 Å². The Labute approximate surface area is 133 Å². The Morgan fingerprint density at radius 2 is 2.00 bits per heavy atom. The molecule has 1 aromatic carbocycles. The summed E-state index contributed by atoms with van der Waals surface area (Å²) in [6, 6.07) is 13.8. The number of anilines is 1. The number of amides is 1. The first kappa shape index (κ1) is 16.2. The molecule has 0 bridgehead atoms. The molecule has 0 spiro atoms. The van der Waals surface area contributed by atoms with Gasteiger partial charge in [0.1, 0.15) is 18.2 Å². The predicted octanol–water partition coefficient (Wildman–Crippen LogP) is 2.12. The van der Waals surface area contributed by atoms with Crippen LogP contribution in [0.25, 0.3) is 0 Å². The van der Waals surface area contributed by atoms with Gasteiger partial charge in [0.2, 0.25) is 0 Å². The number of carbonyl (C=O) groups excluding carboxylic acids is 2. The van der Waals surface area contributed by atoms with Crippen molar-refractivity contribution in [1.29, 1.82) is 5.26 Å². The number of nitriles is 1. The molecule has 2 aromatic rings. The van der Waals surface area contributed by atoms with Gasteiger partial charge in [-0.05, 0) is 30.7 Å². The molecule has 0 aliphatic rings. The second-order valence-corrected chi connectivity index (χ2v) is 4.79. The Morgan fingerprint density at radius 3 is 2.65 bits per heavy atom. The molecule has 116 valence electrons. The van der Waals surface area contributed by atoms with Crippen molar-refractivity contribution in [3.05, 3.63) is 54.2 Å². The van der Waals surface area contributed by atoms with Crippen molar-refractivity contribution < 1.29 is 14.3 Å². The van der Waals surface area contributed by atoms with E-state index in [9.17, 15) is 9.59 Å². The molecule has 2 rings (SSSR count). The lowest BCUT2D eigenvalue weighted by atomic mass is 10.1. The van der Waals surface area contributed by atoms with Gasteiger partial charge in [-0.3, -0.25) is 9.59 Å². The molecule has 6 heteroatoms. The fourth-order valence-corrected chi connectivity index (χ4v) is 1.86. The van der Waals surface area contributed by atoms with Gasteiger partial charge in [0, 0.05) is 6.20 Å². The molecular formula is C17H15N3O3. The molecule has 0 saturated heterocycles. The van der Waals surface area contributed by atoms with Crippen LogP contribution in [0.1, 0.15) is 5.56 Å². The SMILES string of the molecule is Cc1ccccc1OCC(=O)[C@H](C#N)C(=O)Nc1ccccn1. The smallest absolute Gasteiger partial charge is 0.250 e. The molecule has 0 saturated carbocycles. The number of aryl methyl sites for hydroxylation is 1. The number of ether oxygens (including phenoxy) is 1. The summed E-state index contributed by atoms with van der Waals surface area (Å²) in [5.41, 5.74) is 0.867. The van der Waals surface area contributed by atoms with Crippen molar-refractivity contribution in [2.75, 3.05) is 11.9 Å². The van der Waals surface area contributed by atoms with Gasteiger partial charge < -0.3 is 10.1 Å². The van der Waals surface area contributed by atoms with E-state index in [-0.39, 0.29) is 12.4 Å². The number of nitrogens with zero attached hydrogens (tertiary/aromatic N) is 2. The first-order valence-electron chi connectivity index (χ1n) is 6.94. The lowest BCUT2D eigenvalue weighted by molar-refractivity contribution is -0.130. The summed E-state index contributed by atoms with van der Waals surface area (Å²) in [7, 11) is 0. The summed E-state index contributed by atoms with van der Waals surface area (Å²) in [5, 5.41) is 11.5. The average Bonchev–Trinajstić information content (AvgIpc) is 2.55. The van der Waals surface area contributed by atoms with Gasteiger partial charge in [-0.15, -0.1) is 0 Å². The summed E-state index contributed by atoms with van der Waals surface area (Å²) in [5.74, 6) is -1.94. The Hall–Kier alpha value is -3.20. The van der Waals surface area contributed by atoms with E-state index in [1.807, 2.05) is 19.1 Å². The third kappa shape index (κ3) is 4.38. The van der Waals surface area contributed by atoms with Crippen molar-refractivity contribution in [2.24, 2.45) is 5.92 Å². The lowest BCUT2D eigenvalue weighted by Gasteiger charge is -2.11. The highest BCUT2D eigenvalue weighted by Gasteiger charge is 2.27. The summed E-state index contributed by atoms with van der Waals surface area (Å²) in [4.78, 5) is 28.0. The Morgan fingerprint density at radius 1 is 1.26 bits per heavy atom. The number of Topliss-reactive ketones (excluding diaryl/α,β-unsaturated/α-hetero) is 1. The zero-order chi connectivity index (χ0) is 16.7. The van der Waals surface area contributed by atoms with Crippen molar-refractivity contribution in [1.82, 2.24) is 4.98 Å². The monoisotopic (exact) mass is 309 g/mol. The molecule has 1 heterocycles. The fraction of sp³-hybridized carbons (Fsp3) is 0.176. The second-order valence-electron chi connectivity index (χ2n) is 4.79. The van der Waals surface area contributed by atoms with Crippen molar-refractivity contribution in [3.8, 4) is 11.8 Å². The zero-order valence-electron chi connectivity index (χ0n) is 12.5. The molecular weight excluding hydrogens is 294 g/mol. The van der Waals surface area contributed by atoms with Crippen LogP contribution >= 0.6 is 0 Å².